The highest BCUT2D eigenvalue weighted by atomic mass is 31.1. The Morgan fingerprint density at radius 1 is 0.625 bits per heavy atom. The number of nitrogens with zero attached hydrogens (tertiary/aromatic N) is 1. The van der Waals surface area contributed by atoms with Crippen molar-refractivity contribution < 1.29 is 74.8 Å². The first-order valence-electron chi connectivity index (χ1n) is 22.5. The molecular formula is C54H63N3O14P-. The zero-order valence-corrected chi connectivity index (χ0v) is 42.0. The average molecular weight is 1010 g/mol. The Balaban J connectivity index is 0.000000275. The average Bonchev–Trinajstić information content (AvgIpc) is 3.36. The Labute approximate surface area is 421 Å². The van der Waals surface area contributed by atoms with Crippen LogP contribution in [-0.4, -0.2) is 100 Å². The Kier molecular flexibility index (Phi) is 22.8. The lowest BCUT2D eigenvalue weighted by Crippen LogP contribution is -2.76. The van der Waals surface area contributed by atoms with Crippen LogP contribution in [0.3, 0.4) is 0 Å². The number of nitrogens with one attached hydrogen (secondary N) is 2. The van der Waals surface area contributed by atoms with Crippen molar-refractivity contribution >= 4 is 25.6 Å². The number of carbonyl (C=O) groups excluding carboxylic acids is 1. The number of amides is 1. The second-order valence-corrected chi connectivity index (χ2v) is 16.5. The Morgan fingerprint density at radius 2 is 1.12 bits per heavy atom. The maximum atomic E-state index is 11.9. The van der Waals surface area contributed by atoms with Gasteiger partial charge in [-0.3, -0.25) is 9.79 Å². The van der Waals surface area contributed by atoms with E-state index in [0.717, 1.165) is 84.0 Å². The molecule has 0 fully saturated rings. The van der Waals surface area contributed by atoms with Crippen molar-refractivity contribution in [3.63, 3.8) is 0 Å². The van der Waals surface area contributed by atoms with E-state index in [1.165, 1.54) is 35.1 Å². The molecule has 6 aromatic rings. The summed E-state index contributed by atoms with van der Waals surface area (Å²) in [6.45, 7) is 2.25. The van der Waals surface area contributed by atoms with E-state index in [9.17, 15) is 20.1 Å². The third-order valence-corrected chi connectivity index (χ3v) is 11.4. The van der Waals surface area contributed by atoms with Gasteiger partial charge in [-0.05, 0) is 137 Å². The molecule has 0 aliphatic carbocycles. The molecule has 0 radical (unpaired) electrons. The number of fused-ring (bicyclic) bond motifs is 2. The number of hydrogen-bond acceptors (Lipinski definition) is 15. The van der Waals surface area contributed by atoms with Gasteiger partial charge in [0.25, 0.3) is 8.25 Å². The van der Waals surface area contributed by atoms with Gasteiger partial charge in [-0.15, -0.1) is 0 Å². The Morgan fingerprint density at radius 3 is 1.67 bits per heavy atom. The molecule has 0 atom stereocenters. The van der Waals surface area contributed by atoms with Gasteiger partial charge in [-0.2, -0.15) is 0 Å². The summed E-state index contributed by atoms with van der Waals surface area (Å²) in [7, 11) is 6.21. The zero-order chi connectivity index (χ0) is 51.3. The van der Waals surface area contributed by atoms with Crippen LogP contribution in [-0.2, 0) is 47.9 Å². The summed E-state index contributed by atoms with van der Waals surface area (Å²) in [5, 5.41) is 32.4. The third kappa shape index (κ3) is 17.0. The normalized spacial score (nSPS) is 11.7. The van der Waals surface area contributed by atoms with E-state index in [1.54, 1.807) is 78.0 Å². The Bertz CT molecular complexity index is 2700. The molecule has 2 aliphatic heterocycles. The van der Waals surface area contributed by atoms with Crippen LogP contribution in [0.25, 0.3) is 0 Å². The number of carbonyl (C=O) groups is 1. The fourth-order valence-electron chi connectivity index (χ4n) is 7.89. The van der Waals surface area contributed by atoms with Crippen LogP contribution in [0.4, 0.5) is 0 Å². The molecule has 0 aromatic heterocycles. The number of aliphatic imine (C=N–C) groups is 1. The number of phenolic OH excluding ortho intramolecular Hbond substituents is 3. The van der Waals surface area contributed by atoms with Gasteiger partial charge in [-0.25, -0.2) is 4.99 Å². The van der Waals surface area contributed by atoms with E-state index >= 15 is 0 Å². The molecule has 0 bridgehead atoms. The maximum Gasteiger partial charge on any atom is 0.276 e. The van der Waals surface area contributed by atoms with Crippen LogP contribution in [0.2, 0.25) is 0 Å². The number of phenols is 3. The predicted octanol–water partition coefficient (Wildman–Crippen LogP) is 4.82. The standard InChI is InChI=1S/C18H21NO4.2C18H19NO3.HO3P.H2O.H2/c1-22-15-5-3-4-13(10-15)8-9-19-18(21)12-14-6-7-17(23-2)16(20)11-14;2*1-21-14-4-5-15-13(11-14)7-8-19-16(15)9-12-3-6-18(22-2)17(20)10-12;1-4(2)3;;/h3-7,10-11,20H,8-9,12H2,1-2H3,(H,19,21);2*3-6,10-11,20H,7-9H2,1-2H3;(H,1,2,3);1H2;1H/p-1. The van der Waals surface area contributed by atoms with E-state index in [4.69, 9.17) is 42.8 Å². The minimum absolute atomic E-state index is 0. The SMILES string of the molecule is COc1ccc2c(c1)CCN=C2Cc1ccc(OC)c(O)c1.COc1ccc2c(c1)CC[NH+]=C2Cc1ccc(OC)c(O)c1.COc1cccc(CCNC(=O)Cc2ccc(OC)c(O)c2)c1.O=[P+]([O-])[O-].[HH].[OH-]. The second kappa shape index (κ2) is 28.8. The molecule has 0 saturated carbocycles. The minimum atomic E-state index is -3.37. The van der Waals surface area contributed by atoms with Gasteiger partial charge in [0, 0.05) is 38.6 Å². The van der Waals surface area contributed by atoms with Gasteiger partial charge in [0.1, 0.15) is 23.8 Å². The molecule has 72 heavy (non-hydrogen) atoms. The number of rotatable bonds is 15. The first-order chi connectivity index (χ1) is 34.3. The summed E-state index contributed by atoms with van der Waals surface area (Å²) >= 11 is 0. The topological polar surface area (TPSA) is 265 Å². The van der Waals surface area contributed by atoms with Crippen LogP contribution >= 0.6 is 8.25 Å². The maximum absolute atomic E-state index is 11.9. The number of methoxy groups -OCH3 is 6. The van der Waals surface area contributed by atoms with Gasteiger partial charge >= 0.3 is 0 Å². The summed E-state index contributed by atoms with van der Waals surface area (Å²) in [5.41, 5.74) is 11.1. The summed E-state index contributed by atoms with van der Waals surface area (Å²) < 4.78 is 39.4. The summed E-state index contributed by atoms with van der Waals surface area (Å²) in [5.74, 6) is 4.23. The van der Waals surface area contributed by atoms with Crippen molar-refractivity contribution in [2.75, 3.05) is 62.3 Å². The molecule has 18 heteroatoms. The third-order valence-electron chi connectivity index (χ3n) is 11.4. The highest BCUT2D eigenvalue weighted by molar-refractivity contribution is 7.27. The van der Waals surface area contributed by atoms with Crippen LogP contribution < -0.4 is 48.5 Å². The molecule has 8 rings (SSSR count). The summed E-state index contributed by atoms with van der Waals surface area (Å²) in [4.78, 5) is 37.0. The minimum Gasteiger partial charge on any atom is -0.870 e. The van der Waals surface area contributed by atoms with Crippen molar-refractivity contribution in [2.24, 2.45) is 4.99 Å². The van der Waals surface area contributed by atoms with E-state index in [-0.39, 0.29) is 36.5 Å². The van der Waals surface area contributed by atoms with Gasteiger partial charge in [0.15, 0.2) is 40.2 Å². The highest BCUT2D eigenvalue weighted by Gasteiger charge is 2.21. The summed E-state index contributed by atoms with van der Waals surface area (Å²) in [6, 6.07) is 36.0. The van der Waals surface area contributed by atoms with Crippen molar-refractivity contribution in [3.05, 3.63) is 160 Å². The van der Waals surface area contributed by atoms with E-state index in [1.807, 2.05) is 48.5 Å². The van der Waals surface area contributed by atoms with Crippen molar-refractivity contribution in [2.45, 2.75) is 38.5 Å². The molecular weight excluding hydrogens is 946 g/mol. The molecule has 1 amide bonds. The largest absolute Gasteiger partial charge is 0.870 e. The van der Waals surface area contributed by atoms with E-state index in [0.29, 0.717) is 30.2 Å². The molecule has 384 valence electrons. The molecule has 2 heterocycles. The number of benzene rings is 6. The molecule has 6 N–H and O–H groups in total. The van der Waals surface area contributed by atoms with Crippen LogP contribution in [0.5, 0.6) is 51.7 Å². The monoisotopic (exact) mass is 1010 g/mol. The number of hydrogen-bond donors (Lipinski definition) is 5. The van der Waals surface area contributed by atoms with E-state index < -0.39 is 8.25 Å². The van der Waals surface area contributed by atoms with Gasteiger partial charge in [-0.1, -0.05) is 34.9 Å². The van der Waals surface area contributed by atoms with E-state index in [2.05, 4.69) is 39.6 Å². The molecule has 6 aromatic carbocycles. The lowest BCUT2D eigenvalue weighted by Gasteiger charge is -2.18. The van der Waals surface area contributed by atoms with Crippen molar-refractivity contribution in [1.29, 1.82) is 0 Å². The fraction of sp³-hybridized carbons (Fsp3) is 0.278. The Hall–Kier alpha value is -7.69. The number of ether oxygens (including phenoxy) is 6. The van der Waals surface area contributed by atoms with Crippen molar-refractivity contribution in [3.8, 4) is 51.7 Å². The van der Waals surface area contributed by atoms with Gasteiger partial charge in [0.05, 0.1) is 55.5 Å². The second-order valence-electron chi connectivity index (χ2n) is 16.0. The van der Waals surface area contributed by atoms with Crippen LogP contribution in [0.1, 0.15) is 45.9 Å². The zero-order valence-electron chi connectivity index (χ0n) is 41.1. The quantitative estimate of drug-likeness (QED) is 0.0865. The fourth-order valence-corrected chi connectivity index (χ4v) is 7.89. The molecule has 0 spiro atoms. The molecule has 17 nitrogen and oxygen atoms in total. The van der Waals surface area contributed by atoms with Gasteiger partial charge < -0.3 is 64.3 Å². The summed E-state index contributed by atoms with van der Waals surface area (Å²) in [6.07, 6.45) is 4.31. The van der Waals surface area contributed by atoms with Gasteiger partial charge in [0.2, 0.25) is 5.91 Å². The smallest absolute Gasteiger partial charge is 0.276 e. The molecule has 0 saturated heterocycles. The lowest BCUT2D eigenvalue weighted by molar-refractivity contribution is -0.458. The number of aromatic hydroxyl groups is 3. The predicted molar refractivity (Wildman–Crippen MR) is 271 cm³/mol. The van der Waals surface area contributed by atoms with Crippen molar-refractivity contribution in [1.82, 2.24) is 5.32 Å². The molecule has 2 aliphatic rings. The van der Waals surface area contributed by atoms with Crippen LogP contribution in [0.15, 0.2) is 120 Å². The first-order valence-corrected chi connectivity index (χ1v) is 23.6. The first kappa shape index (κ1) is 56.9. The highest BCUT2D eigenvalue weighted by Crippen LogP contribution is 2.30. The van der Waals surface area contributed by atoms with Crippen LogP contribution in [0, 0.1) is 0 Å². The molecule has 0 unspecified atom stereocenters. The lowest BCUT2D eigenvalue weighted by atomic mass is 9.93.